The maximum Gasteiger partial charge on any atom is 0.333 e. The summed E-state index contributed by atoms with van der Waals surface area (Å²) < 4.78 is 20.5. The summed E-state index contributed by atoms with van der Waals surface area (Å²) in [6, 6.07) is 12.7. The topological polar surface area (TPSA) is 108 Å². The average molecular weight is 449 g/mol. The third-order valence-electron chi connectivity index (χ3n) is 5.02. The molecule has 2 aromatic carbocycles. The summed E-state index contributed by atoms with van der Waals surface area (Å²) in [5.74, 6) is -0.216. The zero-order valence-electron chi connectivity index (χ0n) is 17.7. The van der Waals surface area contributed by atoms with Crippen molar-refractivity contribution in [2.75, 3.05) is 7.11 Å². The molecule has 2 heterocycles. The fourth-order valence-electron chi connectivity index (χ4n) is 3.37. The molecule has 0 atom stereocenters. The number of fused-ring (bicyclic) bond motifs is 1. The van der Waals surface area contributed by atoms with Gasteiger partial charge in [0.05, 0.1) is 13.7 Å². The number of carbonyl (C=O) groups is 1. The van der Waals surface area contributed by atoms with E-state index in [2.05, 4.69) is 15.3 Å². The minimum atomic E-state index is -0.714. The van der Waals surface area contributed by atoms with Crippen LogP contribution in [0.2, 0.25) is 0 Å². The molecule has 168 valence electrons. The highest BCUT2D eigenvalue weighted by molar-refractivity contribution is 5.78. The van der Waals surface area contributed by atoms with Gasteiger partial charge in [0.1, 0.15) is 18.1 Å². The fourth-order valence-corrected chi connectivity index (χ4v) is 3.37. The van der Waals surface area contributed by atoms with Gasteiger partial charge in [0.15, 0.2) is 11.2 Å². The number of nitrogens with one attached hydrogen (secondary N) is 1. The van der Waals surface area contributed by atoms with Gasteiger partial charge in [-0.2, -0.15) is 0 Å². The number of hydrogen-bond acceptors (Lipinski definition) is 6. The molecule has 0 spiro atoms. The summed E-state index contributed by atoms with van der Waals surface area (Å²) in [4.78, 5) is 46.9. The maximum absolute atomic E-state index is 13.2. The highest BCUT2D eigenvalue weighted by Gasteiger charge is 2.17. The Balaban J connectivity index is 1.64. The molecule has 2 aromatic heterocycles. The van der Waals surface area contributed by atoms with Gasteiger partial charge >= 0.3 is 5.69 Å². The predicted octanol–water partition coefficient (Wildman–Crippen LogP) is 1.47. The molecular weight excluding hydrogens is 429 g/mol. The Labute approximate surface area is 187 Å². The van der Waals surface area contributed by atoms with Crippen LogP contribution < -0.4 is 21.3 Å². The Bertz CT molecular complexity index is 1430. The molecule has 4 aromatic rings. The van der Waals surface area contributed by atoms with Gasteiger partial charge in [0.25, 0.3) is 5.56 Å². The molecule has 0 bridgehead atoms. The molecule has 1 amide bonds. The molecule has 0 fully saturated rings. The smallest absolute Gasteiger partial charge is 0.333 e. The van der Waals surface area contributed by atoms with E-state index in [-0.39, 0.29) is 30.8 Å². The lowest BCUT2D eigenvalue weighted by Crippen LogP contribution is -2.43. The Morgan fingerprint density at radius 2 is 1.79 bits per heavy atom. The normalized spacial score (nSPS) is 10.8. The molecule has 0 aliphatic carbocycles. The van der Waals surface area contributed by atoms with E-state index in [1.807, 2.05) is 6.07 Å². The largest absolute Gasteiger partial charge is 0.497 e. The summed E-state index contributed by atoms with van der Waals surface area (Å²) in [7, 11) is 1.55. The maximum atomic E-state index is 13.2. The number of aromatic nitrogens is 4. The molecule has 0 saturated heterocycles. The quantitative estimate of drug-likeness (QED) is 0.458. The molecule has 33 heavy (non-hydrogen) atoms. The molecule has 0 radical (unpaired) electrons. The molecule has 0 aliphatic heterocycles. The van der Waals surface area contributed by atoms with E-state index < -0.39 is 23.0 Å². The van der Waals surface area contributed by atoms with E-state index in [4.69, 9.17) is 4.74 Å². The number of hydrogen-bond donors (Lipinski definition) is 1. The van der Waals surface area contributed by atoms with E-state index in [0.717, 1.165) is 14.7 Å². The van der Waals surface area contributed by atoms with Crippen molar-refractivity contribution < 1.29 is 13.9 Å². The molecule has 9 nitrogen and oxygen atoms in total. The first-order chi connectivity index (χ1) is 16.0. The van der Waals surface area contributed by atoms with Gasteiger partial charge in [-0.15, -0.1) is 0 Å². The zero-order valence-corrected chi connectivity index (χ0v) is 17.7. The number of nitrogens with zero attached hydrogens (tertiary/aromatic N) is 4. The number of halogens is 1. The van der Waals surface area contributed by atoms with Crippen molar-refractivity contribution in [3.63, 3.8) is 0 Å². The molecule has 1 N–H and O–H groups in total. The van der Waals surface area contributed by atoms with Gasteiger partial charge in [-0.1, -0.05) is 24.3 Å². The molecule has 0 unspecified atom stereocenters. The number of carbonyl (C=O) groups excluding carboxylic acids is 1. The van der Waals surface area contributed by atoms with Crippen molar-refractivity contribution in [3.05, 3.63) is 98.7 Å². The van der Waals surface area contributed by atoms with Crippen molar-refractivity contribution in [2.45, 2.75) is 19.6 Å². The Hall–Kier alpha value is -4.34. The SMILES string of the molecule is COc1cccc(CNC(=O)Cn2c(=O)n(Cc3ccc(F)cc3)c(=O)c3nccnc32)c1. The van der Waals surface area contributed by atoms with E-state index in [1.54, 1.807) is 25.3 Å². The Morgan fingerprint density at radius 1 is 1.03 bits per heavy atom. The monoisotopic (exact) mass is 449 g/mol. The molecular formula is C23H20FN5O4. The van der Waals surface area contributed by atoms with Crippen LogP contribution in [0.1, 0.15) is 11.1 Å². The van der Waals surface area contributed by atoms with E-state index in [1.165, 1.54) is 36.7 Å². The van der Waals surface area contributed by atoms with Crippen LogP contribution in [0.25, 0.3) is 11.2 Å². The van der Waals surface area contributed by atoms with Crippen molar-refractivity contribution in [2.24, 2.45) is 0 Å². The van der Waals surface area contributed by atoms with Gasteiger partial charge in [0.2, 0.25) is 5.91 Å². The van der Waals surface area contributed by atoms with Crippen LogP contribution in [-0.2, 0) is 24.4 Å². The van der Waals surface area contributed by atoms with Crippen LogP contribution in [0.3, 0.4) is 0 Å². The second-order valence-electron chi connectivity index (χ2n) is 7.24. The second kappa shape index (κ2) is 9.43. The van der Waals surface area contributed by atoms with Gasteiger partial charge in [0, 0.05) is 18.9 Å². The number of benzene rings is 2. The third kappa shape index (κ3) is 4.79. The Morgan fingerprint density at radius 3 is 2.55 bits per heavy atom. The molecule has 0 saturated carbocycles. The van der Waals surface area contributed by atoms with Crippen LogP contribution in [0.5, 0.6) is 5.75 Å². The Kier molecular flexibility index (Phi) is 6.25. The van der Waals surface area contributed by atoms with Gasteiger partial charge in [-0.05, 0) is 35.4 Å². The van der Waals surface area contributed by atoms with Crippen molar-refractivity contribution in [1.82, 2.24) is 24.4 Å². The minimum Gasteiger partial charge on any atom is -0.497 e. The first-order valence-corrected chi connectivity index (χ1v) is 10.0. The lowest BCUT2D eigenvalue weighted by molar-refractivity contribution is -0.121. The molecule has 0 aliphatic rings. The van der Waals surface area contributed by atoms with Crippen LogP contribution >= 0.6 is 0 Å². The summed E-state index contributed by atoms with van der Waals surface area (Å²) >= 11 is 0. The summed E-state index contributed by atoms with van der Waals surface area (Å²) in [6.07, 6.45) is 2.68. The molecule has 4 rings (SSSR count). The predicted molar refractivity (Wildman–Crippen MR) is 118 cm³/mol. The van der Waals surface area contributed by atoms with Crippen LogP contribution in [0.4, 0.5) is 4.39 Å². The van der Waals surface area contributed by atoms with E-state index in [9.17, 15) is 18.8 Å². The van der Waals surface area contributed by atoms with Gasteiger partial charge in [-0.25, -0.2) is 19.2 Å². The first-order valence-electron chi connectivity index (χ1n) is 10.0. The highest BCUT2D eigenvalue weighted by Crippen LogP contribution is 2.12. The van der Waals surface area contributed by atoms with Crippen molar-refractivity contribution in [1.29, 1.82) is 0 Å². The van der Waals surface area contributed by atoms with Crippen LogP contribution in [0.15, 0.2) is 70.5 Å². The average Bonchev–Trinajstić information content (AvgIpc) is 2.84. The summed E-state index contributed by atoms with van der Waals surface area (Å²) in [6.45, 7) is -0.235. The fraction of sp³-hybridized carbons (Fsp3) is 0.174. The van der Waals surface area contributed by atoms with Crippen LogP contribution in [0, 0.1) is 5.82 Å². The number of rotatable bonds is 7. The van der Waals surface area contributed by atoms with Crippen molar-refractivity contribution >= 4 is 17.1 Å². The van der Waals surface area contributed by atoms with E-state index >= 15 is 0 Å². The minimum absolute atomic E-state index is 0.0133. The summed E-state index contributed by atoms with van der Waals surface area (Å²) in [5, 5.41) is 2.75. The molecule has 10 heteroatoms. The number of amides is 1. The zero-order chi connectivity index (χ0) is 23.4. The van der Waals surface area contributed by atoms with Gasteiger partial charge < -0.3 is 10.1 Å². The number of methoxy groups -OCH3 is 1. The second-order valence-corrected chi connectivity index (χ2v) is 7.24. The summed E-state index contributed by atoms with van der Waals surface area (Å²) in [5.41, 5.74) is -0.0117. The van der Waals surface area contributed by atoms with Gasteiger partial charge in [-0.3, -0.25) is 18.7 Å². The van der Waals surface area contributed by atoms with E-state index in [0.29, 0.717) is 11.3 Å². The lowest BCUT2D eigenvalue weighted by Gasteiger charge is -2.13. The lowest BCUT2D eigenvalue weighted by atomic mass is 10.2. The third-order valence-corrected chi connectivity index (χ3v) is 5.02. The number of ether oxygens (including phenoxy) is 1. The first kappa shape index (κ1) is 21.9. The van der Waals surface area contributed by atoms with Crippen LogP contribution in [-0.4, -0.2) is 32.1 Å². The highest BCUT2D eigenvalue weighted by atomic mass is 19.1. The standard InChI is InChI=1S/C23H20FN5O4/c1-33-18-4-2-3-16(11-18)12-27-19(30)14-28-21-20(25-9-10-26-21)22(31)29(23(28)32)13-15-5-7-17(24)8-6-15/h2-11H,12-14H2,1H3,(H,27,30). The van der Waals surface area contributed by atoms with Crippen molar-refractivity contribution in [3.8, 4) is 5.75 Å².